The average molecular weight is 349 g/mol. The van der Waals surface area contributed by atoms with Crippen molar-refractivity contribution in [3.05, 3.63) is 71.9 Å². The molecule has 26 heavy (non-hydrogen) atoms. The largest absolute Gasteiger partial charge is 0.483 e. The zero-order valence-electron chi connectivity index (χ0n) is 14.4. The summed E-state index contributed by atoms with van der Waals surface area (Å²) in [6.45, 7) is 1.83. The molecule has 0 bridgehead atoms. The van der Waals surface area contributed by atoms with Crippen LogP contribution in [0.5, 0.6) is 5.75 Å². The van der Waals surface area contributed by atoms with E-state index in [1.807, 2.05) is 43.3 Å². The fourth-order valence-electron chi connectivity index (χ4n) is 2.60. The Labute approximate surface area is 151 Å². The van der Waals surface area contributed by atoms with Gasteiger partial charge in [-0.1, -0.05) is 43.3 Å². The fourth-order valence-corrected chi connectivity index (χ4v) is 2.60. The van der Waals surface area contributed by atoms with Crippen LogP contribution >= 0.6 is 0 Å². The van der Waals surface area contributed by atoms with Crippen LogP contribution in [-0.4, -0.2) is 23.4 Å². The molecule has 0 fully saturated rings. The Hall–Kier alpha value is -3.41. The highest BCUT2D eigenvalue weighted by molar-refractivity contribution is 6.05. The van der Waals surface area contributed by atoms with Gasteiger partial charge in [-0.15, -0.1) is 0 Å². The molecule has 3 rings (SSSR count). The van der Waals surface area contributed by atoms with Crippen LogP contribution in [0.2, 0.25) is 0 Å². The first-order chi connectivity index (χ1) is 12.7. The Kier molecular flexibility index (Phi) is 5.43. The van der Waals surface area contributed by atoms with E-state index in [0.29, 0.717) is 16.8 Å². The molecule has 2 N–H and O–H groups in total. The van der Waals surface area contributed by atoms with Crippen LogP contribution in [0.3, 0.4) is 0 Å². The van der Waals surface area contributed by atoms with Gasteiger partial charge in [-0.25, -0.2) is 0 Å². The van der Waals surface area contributed by atoms with Gasteiger partial charge < -0.3 is 4.74 Å². The van der Waals surface area contributed by atoms with Crippen LogP contribution < -0.4 is 15.6 Å². The van der Waals surface area contributed by atoms with Crippen LogP contribution in [0.15, 0.2) is 60.8 Å². The second-order valence-corrected chi connectivity index (χ2v) is 5.63. The summed E-state index contributed by atoms with van der Waals surface area (Å²) in [6.07, 6.45) is 2.43. The molecular formula is C20H19N3O3. The van der Waals surface area contributed by atoms with E-state index in [0.717, 1.165) is 17.4 Å². The molecule has 6 heteroatoms. The molecule has 0 spiro atoms. The number of para-hydroxylation sites is 2. The highest BCUT2D eigenvalue weighted by Gasteiger charge is 2.12. The zero-order valence-corrected chi connectivity index (χ0v) is 14.4. The highest BCUT2D eigenvalue weighted by Crippen LogP contribution is 2.18. The lowest BCUT2D eigenvalue weighted by Crippen LogP contribution is -2.44. The van der Waals surface area contributed by atoms with Crippen molar-refractivity contribution in [2.75, 3.05) is 6.61 Å². The Morgan fingerprint density at radius 2 is 1.81 bits per heavy atom. The van der Waals surface area contributed by atoms with Crippen LogP contribution in [0.1, 0.15) is 22.8 Å². The van der Waals surface area contributed by atoms with E-state index < -0.39 is 11.8 Å². The molecule has 2 aromatic carbocycles. The van der Waals surface area contributed by atoms with E-state index in [2.05, 4.69) is 15.8 Å². The lowest BCUT2D eigenvalue weighted by molar-refractivity contribution is -0.123. The van der Waals surface area contributed by atoms with Crippen molar-refractivity contribution < 1.29 is 14.3 Å². The van der Waals surface area contributed by atoms with Crippen molar-refractivity contribution >= 4 is 22.7 Å². The number of aromatic nitrogens is 1. The van der Waals surface area contributed by atoms with Crippen LogP contribution in [0.25, 0.3) is 10.9 Å². The summed E-state index contributed by atoms with van der Waals surface area (Å²) < 4.78 is 5.52. The Bertz CT molecular complexity index is 935. The fraction of sp³-hybridized carbons (Fsp3) is 0.150. The lowest BCUT2D eigenvalue weighted by atomic mass is 10.1. The van der Waals surface area contributed by atoms with Crippen molar-refractivity contribution in [3.8, 4) is 5.75 Å². The summed E-state index contributed by atoms with van der Waals surface area (Å²) in [5.74, 6) is -0.219. The standard InChI is InChI=1S/C20H19N3O3/c1-2-14-7-3-4-11-17(14)26-13-18(24)22-23-20(25)16-10-5-8-15-9-6-12-21-19(15)16/h3-12H,2,13H2,1H3,(H,22,24)(H,23,25). The van der Waals surface area contributed by atoms with Gasteiger partial charge in [0.2, 0.25) is 0 Å². The van der Waals surface area contributed by atoms with E-state index in [-0.39, 0.29) is 6.61 Å². The Morgan fingerprint density at radius 1 is 1.00 bits per heavy atom. The number of amides is 2. The number of ether oxygens (including phenoxy) is 1. The first kappa shape index (κ1) is 17.4. The summed E-state index contributed by atoms with van der Waals surface area (Å²) in [6, 6.07) is 16.5. The first-order valence-electron chi connectivity index (χ1n) is 8.32. The Balaban J connectivity index is 1.58. The van der Waals surface area contributed by atoms with Gasteiger partial charge in [0.1, 0.15) is 5.75 Å². The van der Waals surface area contributed by atoms with Gasteiger partial charge in [-0.2, -0.15) is 0 Å². The van der Waals surface area contributed by atoms with Gasteiger partial charge in [0.25, 0.3) is 11.8 Å². The second-order valence-electron chi connectivity index (χ2n) is 5.63. The number of fused-ring (bicyclic) bond motifs is 1. The van der Waals surface area contributed by atoms with Crippen molar-refractivity contribution in [3.63, 3.8) is 0 Å². The molecule has 2 amide bonds. The van der Waals surface area contributed by atoms with Gasteiger partial charge in [0, 0.05) is 11.6 Å². The molecule has 3 aromatic rings. The molecule has 1 heterocycles. The maximum Gasteiger partial charge on any atom is 0.276 e. The third kappa shape index (κ3) is 3.97. The normalized spacial score (nSPS) is 10.3. The topological polar surface area (TPSA) is 80.3 Å². The van der Waals surface area contributed by atoms with E-state index in [1.54, 1.807) is 24.4 Å². The lowest BCUT2D eigenvalue weighted by Gasteiger charge is -2.11. The zero-order chi connectivity index (χ0) is 18.4. The SMILES string of the molecule is CCc1ccccc1OCC(=O)NNC(=O)c1cccc2cccnc12. The molecule has 0 aliphatic rings. The molecule has 0 aliphatic carbocycles. The monoisotopic (exact) mass is 349 g/mol. The minimum absolute atomic E-state index is 0.189. The number of hydrogen-bond donors (Lipinski definition) is 2. The quantitative estimate of drug-likeness (QED) is 0.694. The number of hydrazine groups is 1. The number of nitrogens with one attached hydrogen (secondary N) is 2. The van der Waals surface area contributed by atoms with Gasteiger partial charge in [-0.3, -0.25) is 25.4 Å². The number of benzene rings is 2. The van der Waals surface area contributed by atoms with Gasteiger partial charge in [0.15, 0.2) is 6.61 Å². The van der Waals surface area contributed by atoms with Gasteiger partial charge in [-0.05, 0) is 30.2 Å². The first-order valence-corrected chi connectivity index (χ1v) is 8.32. The average Bonchev–Trinajstić information content (AvgIpc) is 2.70. The molecule has 0 saturated heterocycles. The van der Waals surface area contributed by atoms with E-state index in [1.165, 1.54) is 0 Å². The molecule has 0 saturated carbocycles. The van der Waals surface area contributed by atoms with Gasteiger partial charge >= 0.3 is 0 Å². The molecule has 132 valence electrons. The molecule has 0 radical (unpaired) electrons. The van der Waals surface area contributed by atoms with Crippen molar-refractivity contribution in [2.24, 2.45) is 0 Å². The number of pyridine rings is 1. The number of carbonyl (C=O) groups is 2. The molecule has 0 atom stereocenters. The van der Waals surface area contributed by atoms with Crippen LogP contribution in [0, 0.1) is 0 Å². The van der Waals surface area contributed by atoms with E-state index >= 15 is 0 Å². The summed E-state index contributed by atoms with van der Waals surface area (Å²) in [5, 5.41) is 0.853. The van der Waals surface area contributed by atoms with Gasteiger partial charge in [0.05, 0.1) is 11.1 Å². The van der Waals surface area contributed by atoms with E-state index in [9.17, 15) is 9.59 Å². The summed E-state index contributed by atoms with van der Waals surface area (Å²) in [5.41, 5.74) is 6.75. The summed E-state index contributed by atoms with van der Waals surface area (Å²) in [4.78, 5) is 28.5. The van der Waals surface area contributed by atoms with Crippen molar-refractivity contribution in [1.29, 1.82) is 0 Å². The number of hydrogen-bond acceptors (Lipinski definition) is 4. The third-order valence-corrected chi connectivity index (χ3v) is 3.91. The number of aryl methyl sites for hydroxylation is 1. The maximum absolute atomic E-state index is 12.3. The highest BCUT2D eigenvalue weighted by atomic mass is 16.5. The number of rotatable bonds is 5. The van der Waals surface area contributed by atoms with Crippen molar-refractivity contribution in [1.82, 2.24) is 15.8 Å². The Morgan fingerprint density at radius 3 is 2.65 bits per heavy atom. The maximum atomic E-state index is 12.3. The summed E-state index contributed by atoms with van der Waals surface area (Å²) in [7, 11) is 0. The van der Waals surface area contributed by atoms with Crippen molar-refractivity contribution in [2.45, 2.75) is 13.3 Å². The predicted molar refractivity (Wildman–Crippen MR) is 98.7 cm³/mol. The third-order valence-electron chi connectivity index (χ3n) is 3.91. The predicted octanol–water partition coefficient (Wildman–Crippen LogP) is 2.64. The minimum atomic E-state index is -0.447. The molecule has 1 aromatic heterocycles. The van der Waals surface area contributed by atoms with Crippen LogP contribution in [0.4, 0.5) is 0 Å². The second kappa shape index (κ2) is 8.11. The molecule has 0 unspecified atom stereocenters. The molecule has 0 aliphatic heterocycles. The number of nitrogens with zero attached hydrogens (tertiary/aromatic N) is 1. The molecule has 6 nitrogen and oxygen atoms in total. The minimum Gasteiger partial charge on any atom is -0.483 e. The van der Waals surface area contributed by atoms with Crippen LogP contribution in [-0.2, 0) is 11.2 Å². The number of carbonyl (C=O) groups excluding carboxylic acids is 2. The molecular weight excluding hydrogens is 330 g/mol. The summed E-state index contributed by atoms with van der Waals surface area (Å²) >= 11 is 0. The smallest absolute Gasteiger partial charge is 0.276 e. The van der Waals surface area contributed by atoms with E-state index in [4.69, 9.17) is 4.74 Å².